The van der Waals surface area contributed by atoms with Crippen molar-refractivity contribution in [3.8, 4) is 0 Å². The van der Waals surface area contributed by atoms with Crippen molar-refractivity contribution < 1.29 is 4.79 Å². The van der Waals surface area contributed by atoms with Crippen LogP contribution in [-0.4, -0.2) is 10.8 Å². The first-order chi connectivity index (χ1) is 6.77. The molecule has 2 rings (SSSR count). The molecule has 2 nitrogen and oxygen atoms in total. The minimum Gasteiger partial charge on any atom is -0.299 e. The van der Waals surface area contributed by atoms with Gasteiger partial charge < -0.3 is 0 Å². The van der Waals surface area contributed by atoms with Crippen molar-refractivity contribution in [2.45, 2.75) is 26.2 Å². The second kappa shape index (κ2) is 3.91. The summed E-state index contributed by atoms with van der Waals surface area (Å²) in [5.74, 6) is 1.30. The van der Waals surface area contributed by atoms with Crippen molar-refractivity contribution in [3.05, 3.63) is 30.1 Å². The molecule has 1 aromatic rings. The fourth-order valence-corrected chi connectivity index (χ4v) is 1.72. The van der Waals surface area contributed by atoms with E-state index >= 15 is 0 Å². The lowest BCUT2D eigenvalue weighted by Gasteiger charge is -2.08. The molecule has 0 saturated heterocycles. The number of ketones is 1. The van der Waals surface area contributed by atoms with E-state index in [2.05, 4.69) is 11.9 Å². The fraction of sp³-hybridized carbons (Fsp3) is 0.500. The Morgan fingerprint density at radius 1 is 1.50 bits per heavy atom. The van der Waals surface area contributed by atoms with E-state index in [-0.39, 0.29) is 5.92 Å². The summed E-state index contributed by atoms with van der Waals surface area (Å²) >= 11 is 0. The largest absolute Gasteiger partial charge is 0.299 e. The number of carbonyl (C=O) groups is 1. The summed E-state index contributed by atoms with van der Waals surface area (Å²) in [6.07, 6.45) is 6.53. The van der Waals surface area contributed by atoms with Crippen LogP contribution in [0, 0.1) is 11.8 Å². The van der Waals surface area contributed by atoms with E-state index in [1.54, 1.807) is 12.4 Å². The Morgan fingerprint density at radius 2 is 2.14 bits per heavy atom. The molecular formula is C12H15NO. The van der Waals surface area contributed by atoms with E-state index in [9.17, 15) is 4.79 Å². The first kappa shape index (κ1) is 9.38. The third-order valence-corrected chi connectivity index (χ3v) is 2.96. The summed E-state index contributed by atoms with van der Waals surface area (Å²) in [6.45, 7) is 2.06. The second-order valence-electron chi connectivity index (χ2n) is 4.12. The standard InChI is InChI=1S/C12H15NO/c1-9(11-2-3-11)12(14)8-10-4-6-13-7-5-10/h4-7,9,11H,2-3,8H2,1H3. The van der Waals surface area contributed by atoms with Gasteiger partial charge in [0.2, 0.25) is 0 Å². The van der Waals surface area contributed by atoms with Crippen LogP contribution in [0.25, 0.3) is 0 Å². The maximum atomic E-state index is 11.8. The molecule has 1 aromatic heterocycles. The Morgan fingerprint density at radius 3 is 2.71 bits per heavy atom. The first-order valence-corrected chi connectivity index (χ1v) is 5.19. The minimum absolute atomic E-state index is 0.253. The zero-order valence-corrected chi connectivity index (χ0v) is 8.44. The van der Waals surface area contributed by atoms with Crippen LogP contribution in [0.3, 0.4) is 0 Å². The SMILES string of the molecule is CC(C(=O)Cc1ccncc1)C1CC1. The summed E-state index contributed by atoms with van der Waals surface area (Å²) < 4.78 is 0. The first-order valence-electron chi connectivity index (χ1n) is 5.19. The number of hydrogen-bond acceptors (Lipinski definition) is 2. The van der Waals surface area contributed by atoms with Gasteiger partial charge in [0.25, 0.3) is 0 Å². The molecular weight excluding hydrogens is 174 g/mol. The van der Waals surface area contributed by atoms with E-state index in [4.69, 9.17) is 0 Å². The van der Waals surface area contributed by atoms with Gasteiger partial charge in [-0.05, 0) is 36.5 Å². The van der Waals surface area contributed by atoms with Crippen LogP contribution in [0.4, 0.5) is 0 Å². The topological polar surface area (TPSA) is 30.0 Å². The average Bonchev–Trinajstić information content (AvgIpc) is 3.01. The third kappa shape index (κ3) is 2.19. The molecule has 0 radical (unpaired) electrons. The number of carbonyl (C=O) groups excluding carboxylic acids is 1. The van der Waals surface area contributed by atoms with E-state index in [1.807, 2.05) is 12.1 Å². The lowest BCUT2D eigenvalue weighted by Crippen LogP contribution is -2.15. The number of nitrogens with zero attached hydrogens (tertiary/aromatic N) is 1. The van der Waals surface area contributed by atoms with E-state index in [1.165, 1.54) is 12.8 Å². The predicted octanol–water partition coefficient (Wildman–Crippen LogP) is 2.24. The molecule has 14 heavy (non-hydrogen) atoms. The van der Waals surface area contributed by atoms with Gasteiger partial charge in [-0.25, -0.2) is 0 Å². The maximum Gasteiger partial charge on any atom is 0.140 e. The van der Waals surface area contributed by atoms with Crippen LogP contribution in [0.5, 0.6) is 0 Å². The number of pyridine rings is 1. The molecule has 0 aliphatic heterocycles. The van der Waals surface area contributed by atoms with Gasteiger partial charge >= 0.3 is 0 Å². The smallest absolute Gasteiger partial charge is 0.140 e. The molecule has 0 N–H and O–H groups in total. The number of rotatable bonds is 4. The Bertz CT molecular complexity index is 316. The Kier molecular flexibility index (Phi) is 2.62. The quantitative estimate of drug-likeness (QED) is 0.727. The lowest BCUT2D eigenvalue weighted by atomic mass is 9.96. The van der Waals surface area contributed by atoms with Crippen molar-refractivity contribution in [2.75, 3.05) is 0 Å². The molecule has 1 saturated carbocycles. The average molecular weight is 189 g/mol. The Hall–Kier alpha value is -1.18. The number of aromatic nitrogens is 1. The Balaban J connectivity index is 1.94. The summed E-state index contributed by atoms with van der Waals surface area (Å²) in [5, 5.41) is 0. The van der Waals surface area contributed by atoms with Crippen LogP contribution >= 0.6 is 0 Å². The molecule has 0 bridgehead atoms. The molecule has 1 aliphatic rings. The maximum absolute atomic E-state index is 11.8. The summed E-state index contributed by atoms with van der Waals surface area (Å²) in [7, 11) is 0. The summed E-state index contributed by atoms with van der Waals surface area (Å²) in [6, 6.07) is 3.83. The van der Waals surface area contributed by atoms with E-state index in [0.29, 0.717) is 18.1 Å². The van der Waals surface area contributed by atoms with Crippen LogP contribution in [0.1, 0.15) is 25.3 Å². The molecule has 1 fully saturated rings. The lowest BCUT2D eigenvalue weighted by molar-refractivity contribution is -0.122. The van der Waals surface area contributed by atoms with Gasteiger partial charge in [-0.2, -0.15) is 0 Å². The molecule has 1 aliphatic carbocycles. The van der Waals surface area contributed by atoms with Crippen molar-refractivity contribution in [1.82, 2.24) is 4.98 Å². The molecule has 2 heteroatoms. The minimum atomic E-state index is 0.253. The van der Waals surface area contributed by atoms with E-state index in [0.717, 1.165) is 5.56 Å². The van der Waals surface area contributed by atoms with Crippen molar-refractivity contribution >= 4 is 5.78 Å². The highest BCUT2D eigenvalue weighted by atomic mass is 16.1. The van der Waals surface area contributed by atoms with Gasteiger partial charge in [0.05, 0.1) is 0 Å². The van der Waals surface area contributed by atoms with Gasteiger partial charge in [-0.3, -0.25) is 9.78 Å². The van der Waals surface area contributed by atoms with E-state index < -0.39 is 0 Å². The number of hydrogen-bond donors (Lipinski definition) is 0. The summed E-state index contributed by atoms with van der Waals surface area (Å²) in [5.41, 5.74) is 1.08. The van der Waals surface area contributed by atoms with Gasteiger partial charge in [0.15, 0.2) is 0 Å². The van der Waals surface area contributed by atoms with Crippen LogP contribution in [0.15, 0.2) is 24.5 Å². The van der Waals surface area contributed by atoms with Gasteiger partial charge in [-0.15, -0.1) is 0 Å². The third-order valence-electron chi connectivity index (χ3n) is 2.96. The summed E-state index contributed by atoms with van der Waals surface area (Å²) in [4.78, 5) is 15.7. The highest BCUT2D eigenvalue weighted by Crippen LogP contribution is 2.37. The van der Waals surface area contributed by atoms with Gasteiger partial charge in [0.1, 0.15) is 5.78 Å². The molecule has 74 valence electrons. The zero-order valence-electron chi connectivity index (χ0n) is 8.44. The zero-order chi connectivity index (χ0) is 9.97. The van der Waals surface area contributed by atoms with Crippen molar-refractivity contribution in [3.63, 3.8) is 0 Å². The molecule has 1 unspecified atom stereocenters. The van der Waals surface area contributed by atoms with Crippen molar-refractivity contribution in [1.29, 1.82) is 0 Å². The second-order valence-corrected chi connectivity index (χ2v) is 4.12. The molecule has 1 atom stereocenters. The molecule has 1 heterocycles. The molecule has 0 aromatic carbocycles. The van der Waals surface area contributed by atoms with Crippen molar-refractivity contribution in [2.24, 2.45) is 11.8 Å². The van der Waals surface area contributed by atoms with Crippen LogP contribution in [-0.2, 0) is 11.2 Å². The molecule has 0 spiro atoms. The molecule has 0 amide bonds. The van der Waals surface area contributed by atoms with Gasteiger partial charge in [0, 0.05) is 24.7 Å². The van der Waals surface area contributed by atoms with Gasteiger partial charge in [-0.1, -0.05) is 6.92 Å². The highest BCUT2D eigenvalue weighted by molar-refractivity contribution is 5.83. The monoisotopic (exact) mass is 189 g/mol. The fourth-order valence-electron chi connectivity index (χ4n) is 1.72. The number of Topliss-reactive ketones (excluding diaryl/α,β-unsaturated/α-hetero) is 1. The van der Waals surface area contributed by atoms with Crippen LogP contribution in [0.2, 0.25) is 0 Å². The predicted molar refractivity (Wildman–Crippen MR) is 54.8 cm³/mol. The highest BCUT2D eigenvalue weighted by Gasteiger charge is 2.32. The Labute approximate surface area is 84.4 Å². The van der Waals surface area contributed by atoms with Crippen LogP contribution < -0.4 is 0 Å². The normalized spacial score (nSPS) is 17.8.